The Balaban J connectivity index is 3.03. The molecular formula is C14H24N2O3. The summed E-state index contributed by atoms with van der Waals surface area (Å²) >= 11 is 0. The molecule has 0 aromatic heterocycles. The van der Waals surface area contributed by atoms with Crippen molar-refractivity contribution in [2.24, 2.45) is 5.84 Å². The van der Waals surface area contributed by atoms with E-state index in [0.29, 0.717) is 18.1 Å². The Labute approximate surface area is 115 Å². The minimum absolute atomic E-state index is 0.0214. The first-order chi connectivity index (χ1) is 9.21. The van der Waals surface area contributed by atoms with Crippen LogP contribution in [0.25, 0.3) is 0 Å². The molecule has 0 fully saturated rings. The molecule has 0 aliphatic rings. The van der Waals surface area contributed by atoms with Crippen molar-refractivity contribution < 1.29 is 14.2 Å². The van der Waals surface area contributed by atoms with Crippen LogP contribution in [0.1, 0.15) is 31.9 Å². The number of rotatable bonds is 8. The van der Waals surface area contributed by atoms with Gasteiger partial charge in [-0.15, -0.1) is 0 Å². The molecular weight excluding hydrogens is 244 g/mol. The number of nitrogens with two attached hydrogens (primary N) is 1. The Morgan fingerprint density at radius 3 is 2.32 bits per heavy atom. The number of ether oxygens (including phenoxy) is 3. The molecule has 1 aromatic rings. The van der Waals surface area contributed by atoms with Gasteiger partial charge in [0, 0.05) is 6.61 Å². The maximum atomic E-state index is 5.71. The highest BCUT2D eigenvalue weighted by Gasteiger charge is 2.22. The third-order valence-electron chi connectivity index (χ3n) is 3.10. The quantitative estimate of drug-likeness (QED) is 0.558. The highest BCUT2D eigenvalue weighted by molar-refractivity contribution is 5.44. The number of hydrogen-bond donors (Lipinski definition) is 2. The average Bonchev–Trinajstić information content (AvgIpc) is 2.46. The zero-order valence-corrected chi connectivity index (χ0v) is 12.1. The molecule has 19 heavy (non-hydrogen) atoms. The maximum Gasteiger partial charge on any atom is 0.161 e. The normalized spacial score (nSPS) is 13.9. The van der Waals surface area contributed by atoms with E-state index in [9.17, 15) is 0 Å². The van der Waals surface area contributed by atoms with Crippen LogP contribution in [0.4, 0.5) is 0 Å². The molecule has 0 bridgehead atoms. The summed E-state index contributed by atoms with van der Waals surface area (Å²) in [5.74, 6) is 7.06. The van der Waals surface area contributed by atoms with E-state index in [0.717, 1.165) is 12.0 Å². The molecule has 0 aliphatic heterocycles. The highest BCUT2D eigenvalue weighted by atomic mass is 16.5. The van der Waals surface area contributed by atoms with Gasteiger partial charge in [0.25, 0.3) is 0 Å². The molecule has 0 amide bonds. The lowest BCUT2D eigenvalue weighted by Gasteiger charge is -2.26. The van der Waals surface area contributed by atoms with Gasteiger partial charge in [0.2, 0.25) is 0 Å². The molecule has 1 rings (SSSR count). The summed E-state index contributed by atoms with van der Waals surface area (Å²) < 4.78 is 16.3. The van der Waals surface area contributed by atoms with Gasteiger partial charge in [-0.25, -0.2) is 0 Å². The molecule has 0 spiro atoms. The monoisotopic (exact) mass is 268 g/mol. The van der Waals surface area contributed by atoms with E-state index in [-0.39, 0.29) is 12.1 Å². The number of nitrogens with one attached hydrogen (secondary N) is 1. The summed E-state index contributed by atoms with van der Waals surface area (Å²) in [6.07, 6.45) is 0.893. The van der Waals surface area contributed by atoms with Crippen LogP contribution in [-0.4, -0.2) is 26.9 Å². The van der Waals surface area contributed by atoms with Crippen molar-refractivity contribution >= 4 is 0 Å². The lowest BCUT2D eigenvalue weighted by Crippen LogP contribution is -2.37. The zero-order valence-electron chi connectivity index (χ0n) is 12.1. The fraction of sp³-hybridized carbons (Fsp3) is 0.571. The first kappa shape index (κ1) is 15.8. The van der Waals surface area contributed by atoms with E-state index in [4.69, 9.17) is 20.1 Å². The van der Waals surface area contributed by atoms with Crippen molar-refractivity contribution in [2.45, 2.75) is 32.4 Å². The smallest absolute Gasteiger partial charge is 0.161 e. The molecule has 0 saturated heterocycles. The van der Waals surface area contributed by atoms with Crippen molar-refractivity contribution in [3.05, 3.63) is 23.8 Å². The van der Waals surface area contributed by atoms with E-state index in [1.165, 1.54) is 0 Å². The van der Waals surface area contributed by atoms with E-state index < -0.39 is 0 Å². The van der Waals surface area contributed by atoms with Crippen LogP contribution in [-0.2, 0) is 4.74 Å². The molecule has 3 N–H and O–H groups in total. The van der Waals surface area contributed by atoms with Gasteiger partial charge in [0.15, 0.2) is 11.5 Å². The second-order valence-electron chi connectivity index (χ2n) is 4.16. The lowest BCUT2D eigenvalue weighted by atomic mass is 9.99. The van der Waals surface area contributed by atoms with Crippen LogP contribution in [0.5, 0.6) is 11.5 Å². The summed E-state index contributed by atoms with van der Waals surface area (Å²) in [5.41, 5.74) is 3.84. The number of benzene rings is 1. The molecule has 5 nitrogen and oxygen atoms in total. The molecule has 0 saturated carbocycles. The number of hydrogen-bond acceptors (Lipinski definition) is 5. The second kappa shape index (κ2) is 7.99. The highest BCUT2D eigenvalue weighted by Crippen LogP contribution is 2.31. The average molecular weight is 268 g/mol. The Morgan fingerprint density at radius 1 is 1.16 bits per heavy atom. The molecule has 108 valence electrons. The van der Waals surface area contributed by atoms with E-state index in [2.05, 4.69) is 12.3 Å². The summed E-state index contributed by atoms with van der Waals surface area (Å²) in [6, 6.07) is 5.68. The fourth-order valence-electron chi connectivity index (χ4n) is 2.13. The third kappa shape index (κ3) is 3.83. The SMILES string of the molecule is CCOC(CC)C(NN)c1ccc(OC)c(OC)c1. The fourth-order valence-corrected chi connectivity index (χ4v) is 2.13. The van der Waals surface area contributed by atoms with Gasteiger partial charge in [-0.3, -0.25) is 11.3 Å². The number of hydrazine groups is 1. The minimum Gasteiger partial charge on any atom is -0.493 e. The molecule has 0 heterocycles. The van der Waals surface area contributed by atoms with Crippen LogP contribution >= 0.6 is 0 Å². The summed E-state index contributed by atoms with van der Waals surface area (Å²) in [7, 11) is 3.23. The van der Waals surface area contributed by atoms with Gasteiger partial charge < -0.3 is 14.2 Å². The van der Waals surface area contributed by atoms with Gasteiger partial charge in [-0.1, -0.05) is 13.0 Å². The first-order valence-corrected chi connectivity index (χ1v) is 6.51. The molecule has 0 radical (unpaired) electrons. The topological polar surface area (TPSA) is 65.7 Å². The Bertz CT molecular complexity index is 385. The number of methoxy groups -OCH3 is 2. The van der Waals surface area contributed by atoms with Crippen molar-refractivity contribution in [3.63, 3.8) is 0 Å². The van der Waals surface area contributed by atoms with Gasteiger partial charge >= 0.3 is 0 Å². The van der Waals surface area contributed by atoms with Gasteiger partial charge in [0.05, 0.1) is 26.4 Å². The third-order valence-corrected chi connectivity index (χ3v) is 3.10. The first-order valence-electron chi connectivity index (χ1n) is 6.51. The molecule has 0 aliphatic carbocycles. The van der Waals surface area contributed by atoms with Crippen LogP contribution in [0.15, 0.2) is 18.2 Å². The van der Waals surface area contributed by atoms with Crippen LogP contribution in [0.3, 0.4) is 0 Å². The van der Waals surface area contributed by atoms with Crippen LogP contribution in [0, 0.1) is 0 Å². The molecule has 1 aromatic carbocycles. The summed E-state index contributed by atoms with van der Waals surface area (Å²) in [4.78, 5) is 0. The maximum absolute atomic E-state index is 5.71. The van der Waals surface area contributed by atoms with E-state index >= 15 is 0 Å². The lowest BCUT2D eigenvalue weighted by molar-refractivity contribution is 0.0313. The van der Waals surface area contributed by atoms with Crippen LogP contribution in [0.2, 0.25) is 0 Å². The van der Waals surface area contributed by atoms with Crippen molar-refractivity contribution in [2.75, 3.05) is 20.8 Å². The molecule has 2 atom stereocenters. The largest absolute Gasteiger partial charge is 0.493 e. The summed E-state index contributed by atoms with van der Waals surface area (Å²) in [6.45, 7) is 4.71. The summed E-state index contributed by atoms with van der Waals surface area (Å²) in [5, 5.41) is 0. The Morgan fingerprint density at radius 2 is 1.84 bits per heavy atom. The Hall–Kier alpha value is -1.30. The van der Waals surface area contributed by atoms with Crippen molar-refractivity contribution in [3.8, 4) is 11.5 Å². The van der Waals surface area contributed by atoms with Gasteiger partial charge in [-0.2, -0.15) is 0 Å². The van der Waals surface area contributed by atoms with Crippen molar-refractivity contribution in [1.82, 2.24) is 5.43 Å². The van der Waals surface area contributed by atoms with Crippen LogP contribution < -0.4 is 20.7 Å². The van der Waals surface area contributed by atoms with E-state index in [1.807, 2.05) is 25.1 Å². The second-order valence-corrected chi connectivity index (χ2v) is 4.16. The van der Waals surface area contributed by atoms with E-state index in [1.54, 1.807) is 14.2 Å². The Kier molecular flexibility index (Phi) is 6.62. The molecule has 5 heteroatoms. The van der Waals surface area contributed by atoms with Gasteiger partial charge in [-0.05, 0) is 31.0 Å². The predicted molar refractivity (Wildman–Crippen MR) is 75.3 cm³/mol. The minimum atomic E-state index is -0.0789. The predicted octanol–water partition coefficient (Wildman–Crippen LogP) is 2.02. The standard InChI is InChI=1S/C14H24N2O3/c1-5-11(19-6-2)14(16-15)10-7-8-12(17-3)13(9-10)18-4/h7-9,11,14,16H,5-6,15H2,1-4H3. The molecule has 2 unspecified atom stereocenters. The van der Waals surface area contributed by atoms with Gasteiger partial charge in [0.1, 0.15) is 0 Å². The zero-order chi connectivity index (χ0) is 14.3. The van der Waals surface area contributed by atoms with Crippen molar-refractivity contribution in [1.29, 1.82) is 0 Å².